The second-order valence-electron chi connectivity index (χ2n) is 8.17. The van der Waals surface area contributed by atoms with E-state index in [0.717, 1.165) is 24.0 Å². The topological polar surface area (TPSA) is 91.2 Å². The van der Waals surface area contributed by atoms with E-state index in [1.165, 1.54) is 12.7 Å². The summed E-state index contributed by atoms with van der Waals surface area (Å²) >= 11 is 12.4. The molecule has 4 N–H and O–H groups in total. The van der Waals surface area contributed by atoms with Crippen LogP contribution in [0.3, 0.4) is 0 Å². The van der Waals surface area contributed by atoms with E-state index in [9.17, 15) is 15.3 Å². The predicted molar refractivity (Wildman–Crippen MR) is 118 cm³/mol. The van der Waals surface area contributed by atoms with Crippen LogP contribution >= 0.6 is 23.2 Å². The van der Waals surface area contributed by atoms with Gasteiger partial charge in [0.05, 0.1) is 16.7 Å². The molecule has 1 aliphatic heterocycles. The van der Waals surface area contributed by atoms with Gasteiger partial charge in [0.2, 0.25) is 0 Å². The lowest BCUT2D eigenvalue weighted by atomic mass is 9.76. The second kappa shape index (κ2) is 9.73. The highest BCUT2D eigenvalue weighted by atomic mass is 35.5. The Labute approximate surface area is 191 Å². The van der Waals surface area contributed by atoms with E-state index < -0.39 is 30.6 Å². The molecule has 0 bridgehead atoms. The van der Waals surface area contributed by atoms with Crippen LogP contribution in [0.2, 0.25) is 10.0 Å². The fraction of sp³-hybridized carbons (Fsp3) is 0.478. The average molecular weight is 468 g/mol. The van der Waals surface area contributed by atoms with Gasteiger partial charge < -0.3 is 24.8 Å². The van der Waals surface area contributed by atoms with Crippen molar-refractivity contribution in [2.45, 2.75) is 55.4 Å². The zero-order valence-electron chi connectivity index (χ0n) is 17.1. The van der Waals surface area contributed by atoms with Crippen molar-refractivity contribution >= 4 is 23.2 Å². The van der Waals surface area contributed by atoms with Crippen molar-refractivity contribution in [2.24, 2.45) is 0 Å². The molecular formula is C23H27Cl2NO5. The number of ether oxygens (including phenoxy) is 2. The van der Waals surface area contributed by atoms with E-state index in [1.807, 2.05) is 30.3 Å². The number of halogens is 2. The van der Waals surface area contributed by atoms with Gasteiger partial charge >= 0.3 is 0 Å². The Morgan fingerprint density at radius 2 is 1.71 bits per heavy atom. The van der Waals surface area contributed by atoms with Crippen molar-refractivity contribution in [3.8, 4) is 0 Å². The molecule has 2 aliphatic rings. The van der Waals surface area contributed by atoms with Gasteiger partial charge in [0, 0.05) is 19.1 Å². The fourth-order valence-corrected chi connectivity index (χ4v) is 4.93. The number of aliphatic hydroxyl groups is 3. The van der Waals surface area contributed by atoms with Crippen molar-refractivity contribution in [1.29, 1.82) is 0 Å². The molecule has 1 saturated heterocycles. The molecule has 0 saturated carbocycles. The first kappa shape index (κ1) is 23.0. The molecule has 6 nitrogen and oxygen atoms in total. The standard InChI is InChI=1S/C23H27Cl2NO5/c1-30-11-19-20(27)21(28)22(29)23(31-19)26-18-9-7-13(14-4-2-3-5-15(14)18)12-6-8-16(24)17(25)10-12/h2-6,8,10,13,18-23,26-29H,7,9,11H2,1H3. The molecular weight excluding hydrogens is 441 g/mol. The Morgan fingerprint density at radius 1 is 0.968 bits per heavy atom. The minimum Gasteiger partial charge on any atom is -0.387 e. The summed E-state index contributed by atoms with van der Waals surface area (Å²) in [5.74, 6) is 0.176. The molecule has 0 aromatic heterocycles. The Balaban J connectivity index is 1.57. The van der Waals surface area contributed by atoms with E-state index >= 15 is 0 Å². The predicted octanol–water partition coefficient (Wildman–Crippen LogP) is 3.00. The van der Waals surface area contributed by atoms with Crippen molar-refractivity contribution < 1.29 is 24.8 Å². The van der Waals surface area contributed by atoms with Gasteiger partial charge in [-0.25, -0.2) is 0 Å². The third-order valence-corrected chi connectivity index (χ3v) is 6.98. The third kappa shape index (κ3) is 4.63. The van der Waals surface area contributed by atoms with Crippen molar-refractivity contribution in [3.63, 3.8) is 0 Å². The Morgan fingerprint density at radius 3 is 2.42 bits per heavy atom. The van der Waals surface area contributed by atoms with Crippen LogP contribution in [-0.2, 0) is 9.47 Å². The summed E-state index contributed by atoms with van der Waals surface area (Å²) in [7, 11) is 1.50. The third-order valence-electron chi connectivity index (χ3n) is 6.25. The largest absolute Gasteiger partial charge is 0.387 e. The number of aliphatic hydroxyl groups excluding tert-OH is 3. The monoisotopic (exact) mass is 467 g/mol. The SMILES string of the molecule is COCC1OC(NC2CCC(c3ccc(Cl)c(Cl)c3)c3ccccc32)C(O)C(O)C1O. The van der Waals surface area contributed by atoms with Crippen LogP contribution in [0.5, 0.6) is 0 Å². The number of hydrogen-bond donors (Lipinski definition) is 4. The van der Waals surface area contributed by atoms with E-state index in [2.05, 4.69) is 17.4 Å². The minimum absolute atomic E-state index is 0.0829. The van der Waals surface area contributed by atoms with E-state index in [-0.39, 0.29) is 18.6 Å². The summed E-state index contributed by atoms with van der Waals surface area (Å²) in [4.78, 5) is 0. The molecule has 7 unspecified atom stereocenters. The van der Waals surface area contributed by atoms with Crippen molar-refractivity contribution in [1.82, 2.24) is 5.32 Å². The zero-order valence-corrected chi connectivity index (χ0v) is 18.6. The molecule has 8 heteroatoms. The molecule has 1 fully saturated rings. The lowest BCUT2D eigenvalue weighted by Gasteiger charge is -2.43. The number of rotatable bonds is 5. The maximum absolute atomic E-state index is 10.5. The molecule has 0 radical (unpaired) electrons. The van der Waals surface area contributed by atoms with Crippen LogP contribution in [0.1, 0.15) is 41.5 Å². The van der Waals surface area contributed by atoms with Gasteiger partial charge in [-0.3, -0.25) is 5.32 Å². The number of fused-ring (bicyclic) bond motifs is 1. The zero-order chi connectivity index (χ0) is 22.1. The maximum Gasteiger partial charge on any atom is 0.138 e. The fourth-order valence-electron chi connectivity index (χ4n) is 4.63. The Kier molecular flexibility index (Phi) is 7.20. The van der Waals surface area contributed by atoms with Crippen LogP contribution in [-0.4, -0.2) is 59.7 Å². The number of methoxy groups -OCH3 is 1. The van der Waals surface area contributed by atoms with Crippen molar-refractivity contribution in [2.75, 3.05) is 13.7 Å². The molecule has 0 spiro atoms. The normalized spacial score (nSPS) is 33.2. The highest BCUT2D eigenvalue weighted by Crippen LogP contribution is 2.42. The van der Waals surface area contributed by atoms with Gasteiger partial charge in [-0.2, -0.15) is 0 Å². The molecule has 0 amide bonds. The molecule has 7 atom stereocenters. The van der Waals surface area contributed by atoms with E-state index in [1.54, 1.807) is 0 Å². The first-order chi connectivity index (χ1) is 14.9. The smallest absolute Gasteiger partial charge is 0.138 e. The summed E-state index contributed by atoms with van der Waals surface area (Å²) in [6, 6.07) is 13.8. The summed E-state index contributed by atoms with van der Waals surface area (Å²) in [5, 5.41) is 35.3. The first-order valence-corrected chi connectivity index (χ1v) is 11.1. The highest BCUT2D eigenvalue weighted by molar-refractivity contribution is 6.42. The Hall–Kier alpha value is -1.22. The summed E-state index contributed by atoms with van der Waals surface area (Å²) < 4.78 is 10.9. The van der Waals surface area contributed by atoms with Crippen molar-refractivity contribution in [3.05, 3.63) is 69.2 Å². The molecule has 31 heavy (non-hydrogen) atoms. The minimum atomic E-state index is -1.32. The van der Waals surface area contributed by atoms with E-state index in [4.69, 9.17) is 32.7 Å². The van der Waals surface area contributed by atoms with E-state index in [0.29, 0.717) is 10.0 Å². The molecule has 1 aliphatic carbocycles. The number of benzene rings is 2. The molecule has 1 heterocycles. The first-order valence-electron chi connectivity index (χ1n) is 10.4. The van der Waals surface area contributed by atoms with Gasteiger partial charge in [-0.1, -0.05) is 53.5 Å². The molecule has 4 rings (SSSR count). The van der Waals surface area contributed by atoms with Crippen LogP contribution in [0.25, 0.3) is 0 Å². The molecule has 2 aromatic rings. The maximum atomic E-state index is 10.5. The average Bonchev–Trinajstić information content (AvgIpc) is 2.77. The Bertz CT molecular complexity index is 913. The summed E-state index contributed by atoms with van der Waals surface area (Å²) in [6.07, 6.45) is -3.71. The quantitative estimate of drug-likeness (QED) is 0.540. The van der Waals surface area contributed by atoms with Gasteiger partial charge in [-0.15, -0.1) is 0 Å². The highest BCUT2D eigenvalue weighted by Gasteiger charge is 2.44. The van der Waals surface area contributed by atoms with Crippen LogP contribution in [0, 0.1) is 0 Å². The number of nitrogens with one attached hydrogen (secondary N) is 1. The number of hydrogen-bond acceptors (Lipinski definition) is 6. The van der Waals surface area contributed by atoms with Crippen LogP contribution in [0.15, 0.2) is 42.5 Å². The lowest BCUT2D eigenvalue weighted by Crippen LogP contribution is -2.63. The molecule has 2 aromatic carbocycles. The van der Waals surface area contributed by atoms with Gasteiger partial charge in [0.15, 0.2) is 0 Å². The summed E-state index contributed by atoms with van der Waals surface area (Å²) in [6.45, 7) is 0.115. The van der Waals surface area contributed by atoms with Gasteiger partial charge in [0.25, 0.3) is 0 Å². The second-order valence-corrected chi connectivity index (χ2v) is 8.99. The lowest BCUT2D eigenvalue weighted by molar-refractivity contribution is -0.240. The van der Waals surface area contributed by atoms with Crippen LogP contribution in [0.4, 0.5) is 0 Å². The van der Waals surface area contributed by atoms with Crippen LogP contribution < -0.4 is 5.32 Å². The van der Waals surface area contributed by atoms with Gasteiger partial charge in [0.1, 0.15) is 30.6 Å². The summed E-state index contributed by atoms with van der Waals surface area (Å²) in [5.41, 5.74) is 3.38. The molecule has 168 valence electrons. The van der Waals surface area contributed by atoms with Gasteiger partial charge in [-0.05, 0) is 41.7 Å².